The minimum Gasteiger partial charge on any atom is -0.325 e. The standard InChI is InChI=1S/C28H27Cl2F3N4O2/c29-23-11-10-21(16-24(23)30)34-26(38)37(17-19-6-2-1-3-7-19)18-20-12-14-36(15-13-20)27(39)35-25-9-5-4-8-22(25)28(31,32)33/h1-11,16,20H,12-15,17-18H2,(H,34,38)(H,35,39). The largest absolute Gasteiger partial charge is 0.418 e. The Balaban J connectivity index is 1.38. The molecule has 0 unspecified atom stereocenters. The molecule has 0 atom stereocenters. The maximum Gasteiger partial charge on any atom is 0.418 e. The van der Waals surface area contributed by atoms with Gasteiger partial charge in [0.2, 0.25) is 0 Å². The van der Waals surface area contributed by atoms with E-state index in [2.05, 4.69) is 10.6 Å². The topological polar surface area (TPSA) is 64.7 Å². The second-order valence-electron chi connectivity index (χ2n) is 9.33. The van der Waals surface area contributed by atoms with E-state index in [1.807, 2.05) is 30.3 Å². The van der Waals surface area contributed by atoms with Gasteiger partial charge in [-0.3, -0.25) is 0 Å². The number of carbonyl (C=O) groups excluding carboxylic acids is 2. The van der Waals surface area contributed by atoms with Crippen molar-refractivity contribution in [3.05, 3.63) is 94.0 Å². The van der Waals surface area contributed by atoms with Crippen molar-refractivity contribution >= 4 is 46.6 Å². The summed E-state index contributed by atoms with van der Waals surface area (Å²) in [4.78, 5) is 29.2. The maximum atomic E-state index is 13.3. The average Bonchev–Trinajstić information content (AvgIpc) is 2.91. The number of nitrogens with zero attached hydrogens (tertiary/aromatic N) is 2. The lowest BCUT2D eigenvalue weighted by molar-refractivity contribution is -0.136. The van der Waals surface area contributed by atoms with Gasteiger partial charge in [-0.15, -0.1) is 0 Å². The minimum atomic E-state index is -4.57. The zero-order valence-electron chi connectivity index (χ0n) is 20.8. The molecule has 0 radical (unpaired) electrons. The van der Waals surface area contributed by atoms with Crippen LogP contribution in [0.5, 0.6) is 0 Å². The predicted molar refractivity (Wildman–Crippen MR) is 147 cm³/mol. The first-order chi connectivity index (χ1) is 18.6. The Labute approximate surface area is 234 Å². The molecule has 0 spiro atoms. The van der Waals surface area contributed by atoms with Crippen LogP contribution in [-0.4, -0.2) is 41.5 Å². The molecule has 4 amide bonds. The summed E-state index contributed by atoms with van der Waals surface area (Å²) in [5.41, 5.74) is 0.308. The summed E-state index contributed by atoms with van der Waals surface area (Å²) in [7, 11) is 0. The number of benzene rings is 3. The maximum absolute atomic E-state index is 13.3. The van der Waals surface area contributed by atoms with Crippen molar-refractivity contribution in [1.82, 2.24) is 9.80 Å². The molecule has 206 valence electrons. The third kappa shape index (κ3) is 7.80. The summed E-state index contributed by atoms with van der Waals surface area (Å²) in [6.45, 7) is 1.54. The first-order valence-electron chi connectivity index (χ1n) is 12.4. The van der Waals surface area contributed by atoms with Gasteiger partial charge < -0.3 is 20.4 Å². The molecular weight excluding hydrogens is 552 g/mol. The van der Waals surface area contributed by atoms with Crippen LogP contribution in [0.4, 0.5) is 34.1 Å². The zero-order valence-corrected chi connectivity index (χ0v) is 22.4. The third-order valence-corrected chi connectivity index (χ3v) is 7.27. The van der Waals surface area contributed by atoms with E-state index >= 15 is 0 Å². The summed E-state index contributed by atoms with van der Waals surface area (Å²) in [5, 5.41) is 5.98. The number of hydrogen-bond donors (Lipinski definition) is 2. The molecule has 1 aliphatic rings. The Kier molecular flexibility index (Phi) is 9.24. The zero-order chi connectivity index (χ0) is 28.0. The number of halogens is 5. The quantitative estimate of drug-likeness (QED) is 0.311. The van der Waals surface area contributed by atoms with Crippen molar-refractivity contribution in [2.75, 3.05) is 30.3 Å². The van der Waals surface area contributed by atoms with Crippen molar-refractivity contribution in [3.63, 3.8) is 0 Å². The lowest BCUT2D eigenvalue weighted by atomic mass is 9.96. The van der Waals surface area contributed by atoms with Crippen molar-refractivity contribution < 1.29 is 22.8 Å². The van der Waals surface area contributed by atoms with Crippen molar-refractivity contribution in [3.8, 4) is 0 Å². The number of piperidine rings is 1. The molecule has 3 aromatic rings. The van der Waals surface area contributed by atoms with Gasteiger partial charge in [0.05, 0.1) is 21.3 Å². The van der Waals surface area contributed by atoms with Crippen LogP contribution >= 0.6 is 23.2 Å². The Morgan fingerprint density at radius 1 is 0.897 bits per heavy atom. The molecule has 0 bridgehead atoms. The highest BCUT2D eigenvalue weighted by atomic mass is 35.5. The van der Waals surface area contributed by atoms with E-state index < -0.39 is 17.8 Å². The molecule has 0 aliphatic carbocycles. The van der Waals surface area contributed by atoms with E-state index in [1.54, 1.807) is 23.1 Å². The number of para-hydroxylation sites is 1. The van der Waals surface area contributed by atoms with Gasteiger partial charge in [-0.1, -0.05) is 65.7 Å². The highest BCUT2D eigenvalue weighted by Gasteiger charge is 2.34. The number of urea groups is 2. The molecule has 3 aromatic carbocycles. The number of nitrogens with one attached hydrogen (secondary N) is 2. The molecule has 2 N–H and O–H groups in total. The highest BCUT2D eigenvalue weighted by molar-refractivity contribution is 6.42. The van der Waals surface area contributed by atoms with Crippen LogP contribution in [0.25, 0.3) is 0 Å². The molecular formula is C28H27Cl2F3N4O2. The van der Waals surface area contributed by atoms with Crippen LogP contribution < -0.4 is 10.6 Å². The number of rotatable bonds is 6. The van der Waals surface area contributed by atoms with Gasteiger partial charge >= 0.3 is 18.2 Å². The van der Waals surface area contributed by atoms with Crippen LogP contribution in [0.2, 0.25) is 10.0 Å². The van der Waals surface area contributed by atoms with Crippen LogP contribution in [0.1, 0.15) is 24.0 Å². The molecule has 0 aromatic heterocycles. The van der Waals surface area contributed by atoms with Gasteiger partial charge in [0.15, 0.2) is 0 Å². The molecule has 0 saturated carbocycles. The van der Waals surface area contributed by atoms with Gasteiger partial charge in [-0.25, -0.2) is 9.59 Å². The van der Waals surface area contributed by atoms with E-state index in [9.17, 15) is 22.8 Å². The Morgan fingerprint density at radius 3 is 2.23 bits per heavy atom. The van der Waals surface area contributed by atoms with Crippen LogP contribution in [-0.2, 0) is 12.7 Å². The van der Waals surface area contributed by atoms with Crippen LogP contribution in [0.3, 0.4) is 0 Å². The van der Waals surface area contributed by atoms with Gasteiger partial charge in [0.1, 0.15) is 0 Å². The van der Waals surface area contributed by atoms with E-state index in [1.165, 1.54) is 23.1 Å². The molecule has 1 saturated heterocycles. The first-order valence-corrected chi connectivity index (χ1v) is 13.1. The van der Waals surface area contributed by atoms with Crippen molar-refractivity contribution in [1.29, 1.82) is 0 Å². The van der Waals surface area contributed by atoms with Crippen molar-refractivity contribution in [2.45, 2.75) is 25.6 Å². The number of carbonyl (C=O) groups is 2. The van der Waals surface area contributed by atoms with Gasteiger partial charge in [-0.05, 0) is 54.7 Å². The number of likely N-dealkylation sites (tertiary alicyclic amines) is 1. The van der Waals surface area contributed by atoms with Gasteiger partial charge in [-0.2, -0.15) is 13.2 Å². The fourth-order valence-electron chi connectivity index (χ4n) is 4.46. The summed E-state index contributed by atoms with van der Waals surface area (Å²) < 4.78 is 39.9. The minimum absolute atomic E-state index is 0.0970. The summed E-state index contributed by atoms with van der Waals surface area (Å²) >= 11 is 12.1. The molecule has 6 nitrogen and oxygen atoms in total. The lowest BCUT2D eigenvalue weighted by Gasteiger charge is -2.35. The molecule has 11 heteroatoms. The van der Waals surface area contributed by atoms with Crippen LogP contribution in [0.15, 0.2) is 72.8 Å². The Bertz CT molecular complexity index is 1300. The number of hydrogen-bond acceptors (Lipinski definition) is 2. The summed E-state index contributed by atoms with van der Waals surface area (Å²) in [6, 6.07) is 18.4. The van der Waals surface area contributed by atoms with E-state index in [0.717, 1.165) is 11.6 Å². The fourth-order valence-corrected chi connectivity index (χ4v) is 4.76. The molecule has 39 heavy (non-hydrogen) atoms. The summed E-state index contributed by atoms with van der Waals surface area (Å²) in [6.07, 6.45) is -3.38. The first kappa shape index (κ1) is 28.6. The number of alkyl halides is 3. The second kappa shape index (κ2) is 12.6. The Hall–Kier alpha value is -3.43. The van der Waals surface area contributed by atoms with E-state index in [0.29, 0.717) is 54.8 Å². The van der Waals surface area contributed by atoms with Gasteiger partial charge in [0, 0.05) is 31.9 Å². The molecule has 4 rings (SSSR count). The molecule has 1 heterocycles. The normalized spacial score (nSPS) is 14.1. The second-order valence-corrected chi connectivity index (χ2v) is 10.1. The third-order valence-electron chi connectivity index (χ3n) is 6.53. The monoisotopic (exact) mass is 578 g/mol. The average molecular weight is 579 g/mol. The SMILES string of the molecule is O=C(Nc1ccc(Cl)c(Cl)c1)N(Cc1ccccc1)CC1CCN(C(=O)Nc2ccccc2C(F)(F)F)CC1. The van der Waals surface area contributed by atoms with E-state index in [4.69, 9.17) is 23.2 Å². The smallest absolute Gasteiger partial charge is 0.325 e. The number of anilines is 2. The van der Waals surface area contributed by atoms with Crippen molar-refractivity contribution in [2.24, 2.45) is 5.92 Å². The highest BCUT2D eigenvalue weighted by Crippen LogP contribution is 2.35. The van der Waals surface area contributed by atoms with Gasteiger partial charge in [0.25, 0.3) is 0 Å². The fraction of sp³-hybridized carbons (Fsp3) is 0.286. The summed E-state index contributed by atoms with van der Waals surface area (Å²) in [5.74, 6) is 0.0970. The predicted octanol–water partition coefficient (Wildman–Crippen LogP) is 7.99. The molecule has 1 aliphatic heterocycles. The Morgan fingerprint density at radius 2 is 1.56 bits per heavy atom. The molecule has 1 fully saturated rings. The van der Waals surface area contributed by atoms with Crippen LogP contribution in [0, 0.1) is 5.92 Å². The number of amides is 4. The lowest BCUT2D eigenvalue weighted by Crippen LogP contribution is -2.45. The van der Waals surface area contributed by atoms with E-state index in [-0.39, 0.29) is 17.6 Å².